The third-order valence-corrected chi connectivity index (χ3v) is 4.56. The summed E-state index contributed by atoms with van der Waals surface area (Å²) in [4.78, 5) is 53.4. The molecule has 0 saturated carbocycles. The predicted octanol–water partition coefficient (Wildman–Crippen LogP) is 1.31. The fourth-order valence-corrected chi connectivity index (χ4v) is 3.24. The van der Waals surface area contributed by atoms with E-state index in [0.717, 1.165) is 4.57 Å². The SMILES string of the molecule is CCn1c(=O)[nH]c2cc(C(=O)N3CC(=O)Nc4ccccc43)ccc2c1=O. The van der Waals surface area contributed by atoms with Crippen molar-refractivity contribution in [1.29, 1.82) is 0 Å². The van der Waals surface area contributed by atoms with Crippen LogP contribution in [0, 0.1) is 0 Å². The van der Waals surface area contributed by atoms with Gasteiger partial charge in [0.1, 0.15) is 6.54 Å². The smallest absolute Gasteiger partial charge is 0.323 e. The number of carbonyl (C=O) groups is 2. The van der Waals surface area contributed by atoms with Gasteiger partial charge in [-0.2, -0.15) is 0 Å². The average Bonchev–Trinajstić information content (AvgIpc) is 2.66. The van der Waals surface area contributed by atoms with Crippen LogP contribution in [0.4, 0.5) is 11.4 Å². The molecule has 2 amide bonds. The van der Waals surface area contributed by atoms with Gasteiger partial charge in [-0.1, -0.05) is 12.1 Å². The molecule has 2 aromatic carbocycles. The van der Waals surface area contributed by atoms with E-state index in [1.54, 1.807) is 31.2 Å². The van der Waals surface area contributed by atoms with Crippen LogP contribution < -0.4 is 21.5 Å². The molecule has 0 bridgehead atoms. The third kappa shape index (κ3) is 2.71. The van der Waals surface area contributed by atoms with Crippen LogP contribution in [0.5, 0.6) is 0 Å². The van der Waals surface area contributed by atoms with Gasteiger partial charge in [-0.25, -0.2) is 4.79 Å². The summed E-state index contributed by atoms with van der Waals surface area (Å²) >= 11 is 0. The van der Waals surface area contributed by atoms with Crippen LogP contribution in [0.1, 0.15) is 17.3 Å². The van der Waals surface area contributed by atoms with Gasteiger partial charge in [0, 0.05) is 12.1 Å². The number of H-pyrrole nitrogens is 1. The summed E-state index contributed by atoms with van der Waals surface area (Å²) in [5.74, 6) is -0.679. The van der Waals surface area contributed by atoms with Gasteiger partial charge >= 0.3 is 5.69 Å². The Hall–Kier alpha value is -3.68. The first kappa shape index (κ1) is 16.8. The van der Waals surface area contributed by atoms with Crippen molar-refractivity contribution in [1.82, 2.24) is 9.55 Å². The number of rotatable bonds is 2. The van der Waals surface area contributed by atoms with Crippen LogP contribution in [0.3, 0.4) is 0 Å². The summed E-state index contributed by atoms with van der Waals surface area (Å²) in [5.41, 5.74) is 0.783. The molecule has 1 aromatic heterocycles. The molecular weight excluding hydrogens is 348 g/mol. The van der Waals surface area contributed by atoms with Gasteiger partial charge in [-0.3, -0.25) is 23.9 Å². The van der Waals surface area contributed by atoms with Gasteiger partial charge in [0.05, 0.1) is 22.3 Å². The summed E-state index contributed by atoms with van der Waals surface area (Å²) in [5, 5.41) is 3.05. The number of anilines is 2. The summed E-state index contributed by atoms with van der Waals surface area (Å²) in [7, 11) is 0. The minimum absolute atomic E-state index is 0.109. The number of aromatic amines is 1. The highest BCUT2D eigenvalue weighted by Gasteiger charge is 2.27. The Balaban J connectivity index is 1.81. The number of benzene rings is 2. The van der Waals surface area contributed by atoms with Crippen molar-refractivity contribution in [2.75, 3.05) is 16.8 Å². The number of fused-ring (bicyclic) bond motifs is 2. The molecule has 1 aliphatic rings. The Morgan fingerprint density at radius 3 is 2.67 bits per heavy atom. The molecule has 4 rings (SSSR count). The Kier molecular flexibility index (Phi) is 3.88. The number of carbonyl (C=O) groups excluding carboxylic acids is 2. The highest BCUT2D eigenvalue weighted by molar-refractivity contribution is 6.15. The van der Waals surface area contributed by atoms with Gasteiger partial charge in [0.15, 0.2) is 0 Å². The number of hydrogen-bond donors (Lipinski definition) is 2. The lowest BCUT2D eigenvalue weighted by molar-refractivity contribution is -0.115. The Bertz CT molecular complexity index is 1210. The van der Waals surface area contributed by atoms with Crippen molar-refractivity contribution in [3.8, 4) is 0 Å². The molecule has 27 heavy (non-hydrogen) atoms. The van der Waals surface area contributed by atoms with Gasteiger partial charge in [0.25, 0.3) is 11.5 Å². The van der Waals surface area contributed by atoms with Crippen molar-refractivity contribution in [3.05, 3.63) is 68.9 Å². The quantitative estimate of drug-likeness (QED) is 0.715. The van der Waals surface area contributed by atoms with Crippen molar-refractivity contribution >= 4 is 34.1 Å². The topological polar surface area (TPSA) is 104 Å². The summed E-state index contributed by atoms with van der Waals surface area (Å²) in [6.07, 6.45) is 0. The maximum atomic E-state index is 13.0. The van der Waals surface area contributed by atoms with E-state index in [4.69, 9.17) is 0 Å². The molecule has 8 nitrogen and oxygen atoms in total. The molecule has 0 fully saturated rings. The zero-order valence-corrected chi connectivity index (χ0v) is 14.5. The lowest BCUT2D eigenvalue weighted by Crippen LogP contribution is -2.42. The van der Waals surface area contributed by atoms with Crippen LogP contribution in [0.2, 0.25) is 0 Å². The van der Waals surface area contributed by atoms with Gasteiger partial charge in [-0.05, 0) is 37.3 Å². The molecule has 136 valence electrons. The highest BCUT2D eigenvalue weighted by atomic mass is 16.2. The molecule has 0 radical (unpaired) electrons. The van der Waals surface area contributed by atoms with E-state index in [0.29, 0.717) is 16.8 Å². The van der Waals surface area contributed by atoms with Gasteiger partial charge in [0.2, 0.25) is 5.91 Å². The van der Waals surface area contributed by atoms with Crippen molar-refractivity contribution in [2.24, 2.45) is 0 Å². The first-order valence-electron chi connectivity index (χ1n) is 8.47. The lowest BCUT2D eigenvalue weighted by Gasteiger charge is -2.29. The molecule has 0 atom stereocenters. The minimum atomic E-state index is -0.526. The number of nitrogens with zero attached hydrogens (tertiary/aromatic N) is 2. The number of nitrogens with one attached hydrogen (secondary N) is 2. The molecule has 8 heteroatoms. The molecule has 0 unspecified atom stereocenters. The van der Waals surface area contributed by atoms with Crippen molar-refractivity contribution in [2.45, 2.75) is 13.5 Å². The monoisotopic (exact) mass is 364 g/mol. The molecule has 0 spiro atoms. The van der Waals surface area contributed by atoms with Gasteiger partial charge in [-0.15, -0.1) is 0 Å². The van der Waals surface area contributed by atoms with Crippen LogP contribution >= 0.6 is 0 Å². The largest absolute Gasteiger partial charge is 0.328 e. The first-order valence-corrected chi connectivity index (χ1v) is 8.47. The van der Waals surface area contributed by atoms with E-state index < -0.39 is 11.2 Å². The Morgan fingerprint density at radius 1 is 1.11 bits per heavy atom. The standard InChI is InChI=1S/C19H16N4O4/c1-2-22-18(26)12-8-7-11(9-14(12)21-19(22)27)17(25)23-10-16(24)20-13-5-3-4-6-15(13)23/h3-9H,2,10H2,1H3,(H,20,24)(H,21,27). The maximum absolute atomic E-state index is 13.0. The second kappa shape index (κ2) is 6.24. The molecule has 0 saturated heterocycles. The van der Waals surface area contributed by atoms with E-state index in [1.165, 1.54) is 23.1 Å². The summed E-state index contributed by atoms with van der Waals surface area (Å²) in [6.45, 7) is 1.85. The minimum Gasteiger partial charge on any atom is -0.323 e. The highest BCUT2D eigenvalue weighted by Crippen LogP contribution is 2.30. The van der Waals surface area contributed by atoms with E-state index in [-0.39, 0.29) is 36.0 Å². The van der Waals surface area contributed by atoms with E-state index in [1.807, 2.05) is 0 Å². The summed E-state index contributed by atoms with van der Waals surface area (Å²) < 4.78 is 1.09. The first-order chi connectivity index (χ1) is 13.0. The van der Waals surface area contributed by atoms with Crippen molar-refractivity contribution in [3.63, 3.8) is 0 Å². The Labute approximate surface area is 153 Å². The summed E-state index contributed by atoms with van der Waals surface area (Å²) in [6, 6.07) is 11.5. The van der Waals surface area contributed by atoms with Crippen LogP contribution in [-0.2, 0) is 11.3 Å². The normalized spacial score (nSPS) is 13.4. The van der Waals surface area contributed by atoms with Crippen LogP contribution in [-0.4, -0.2) is 27.9 Å². The van der Waals surface area contributed by atoms with E-state index >= 15 is 0 Å². The molecular formula is C19H16N4O4. The average molecular weight is 364 g/mol. The Morgan fingerprint density at radius 2 is 1.89 bits per heavy atom. The molecule has 1 aliphatic heterocycles. The second-order valence-electron chi connectivity index (χ2n) is 6.20. The van der Waals surface area contributed by atoms with E-state index in [9.17, 15) is 19.2 Å². The molecule has 0 aliphatic carbocycles. The number of aromatic nitrogens is 2. The number of amides is 2. The fourth-order valence-electron chi connectivity index (χ4n) is 3.24. The fraction of sp³-hybridized carbons (Fsp3) is 0.158. The zero-order valence-electron chi connectivity index (χ0n) is 14.5. The maximum Gasteiger partial charge on any atom is 0.328 e. The predicted molar refractivity (Wildman–Crippen MR) is 101 cm³/mol. The second-order valence-corrected chi connectivity index (χ2v) is 6.20. The van der Waals surface area contributed by atoms with Gasteiger partial charge < -0.3 is 10.3 Å². The number of hydrogen-bond acceptors (Lipinski definition) is 4. The van der Waals surface area contributed by atoms with Crippen LogP contribution in [0.15, 0.2) is 52.1 Å². The molecule has 2 N–H and O–H groups in total. The van der Waals surface area contributed by atoms with Crippen molar-refractivity contribution < 1.29 is 9.59 Å². The molecule has 2 heterocycles. The zero-order chi connectivity index (χ0) is 19.1. The van der Waals surface area contributed by atoms with Crippen LogP contribution in [0.25, 0.3) is 10.9 Å². The lowest BCUT2D eigenvalue weighted by atomic mass is 10.1. The van der Waals surface area contributed by atoms with E-state index in [2.05, 4.69) is 10.3 Å². The molecule has 3 aromatic rings. The third-order valence-electron chi connectivity index (χ3n) is 4.56. The number of para-hydroxylation sites is 2.